The molecule has 0 unspecified atom stereocenters. The van der Waals surface area contributed by atoms with Crippen LogP contribution in [0.25, 0.3) is 0 Å². The number of hydrogen-bond acceptors (Lipinski definition) is 10. The van der Waals surface area contributed by atoms with Crippen molar-refractivity contribution in [2.24, 2.45) is 0 Å². The second-order valence-corrected chi connectivity index (χ2v) is 2.41. The Morgan fingerprint density at radius 1 is 0.367 bits per heavy atom. The molecule has 22 heteroatoms. The molecule has 0 aromatic carbocycles. The van der Waals surface area contributed by atoms with Crippen molar-refractivity contribution in [3.63, 3.8) is 0 Å². The van der Waals surface area contributed by atoms with Gasteiger partial charge in [-0.25, -0.2) is 28.8 Å². The summed E-state index contributed by atoms with van der Waals surface area (Å²) in [5.74, 6) is -15.3. The summed E-state index contributed by atoms with van der Waals surface area (Å²) in [6, 6.07) is 0. The summed E-state index contributed by atoms with van der Waals surface area (Å²) in [5, 5.41) is 62.2. The Bertz CT molecular complexity index is 395. The zero-order valence-corrected chi connectivity index (χ0v) is 14.8. The van der Waals surface area contributed by atoms with Gasteiger partial charge in [0.25, 0.3) is 0 Å². The Kier molecular flexibility index (Phi) is 75.6. The minimum absolute atomic E-state index is 0. The van der Waals surface area contributed by atoms with E-state index in [1.165, 1.54) is 0 Å². The SMILES string of the molecule is O.O.O.O.O=C(O)C(=O)O.O=C(O)C(=O)O.O=C([O-])C(=O)O.O=C([O-])C(=O)O.[NH4+].[NH4+]. The standard InChI is InChI=1S/4C2H2O4.2H3N.4H2O/c4*3-1(4)2(5)6;;;;;;/h4*(H,3,4)(H,5,6);2*1H3;4*1H2. The summed E-state index contributed by atoms with van der Waals surface area (Å²) in [4.78, 5) is 72.4. The highest BCUT2D eigenvalue weighted by Crippen LogP contribution is 1.57. The zero-order valence-electron chi connectivity index (χ0n) is 14.8. The number of carboxylic acids is 8. The van der Waals surface area contributed by atoms with Crippen molar-refractivity contribution in [1.29, 1.82) is 0 Å². The smallest absolute Gasteiger partial charge is 0.414 e. The van der Waals surface area contributed by atoms with Gasteiger partial charge in [0.15, 0.2) is 11.9 Å². The molecule has 0 atom stereocenters. The van der Waals surface area contributed by atoms with Gasteiger partial charge in [-0.05, 0) is 0 Å². The first kappa shape index (κ1) is 63.7. The fourth-order valence-corrected chi connectivity index (χ4v) is 0. The maximum Gasteiger partial charge on any atom is 0.414 e. The van der Waals surface area contributed by atoms with Crippen LogP contribution in [0.4, 0.5) is 0 Å². The number of carbonyl (C=O) groups excluding carboxylic acids is 2. The molecule has 0 saturated heterocycles. The molecule has 0 radical (unpaired) electrons. The largest absolute Gasteiger partial charge is 0.539 e. The van der Waals surface area contributed by atoms with Crippen molar-refractivity contribution in [2.45, 2.75) is 0 Å². The molecule has 0 aromatic rings. The van der Waals surface area contributed by atoms with Gasteiger partial charge in [0.1, 0.15) is 0 Å². The molecule has 0 aromatic heterocycles. The Morgan fingerprint density at radius 2 is 0.433 bits per heavy atom. The Labute approximate surface area is 162 Å². The number of aliphatic carboxylic acids is 8. The van der Waals surface area contributed by atoms with Crippen molar-refractivity contribution < 1.29 is 101 Å². The van der Waals surface area contributed by atoms with Crippen molar-refractivity contribution in [3.05, 3.63) is 0 Å². The van der Waals surface area contributed by atoms with Gasteiger partial charge in [-0.15, -0.1) is 0 Å². The van der Waals surface area contributed by atoms with Gasteiger partial charge in [-0.2, -0.15) is 0 Å². The summed E-state index contributed by atoms with van der Waals surface area (Å²) in [6.45, 7) is 0. The number of hydrogen-bond donors (Lipinski definition) is 8. The molecule has 0 rings (SSSR count). The van der Waals surface area contributed by atoms with E-state index in [1.54, 1.807) is 0 Å². The van der Waals surface area contributed by atoms with E-state index >= 15 is 0 Å². The summed E-state index contributed by atoms with van der Waals surface area (Å²) in [7, 11) is 0. The van der Waals surface area contributed by atoms with Gasteiger partial charge in [0, 0.05) is 0 Å². The minimum atomic E-state index is -2.07. The molecule has 22 N–H and O–H groups in total. The Balaban J connectivity index is -0.0000000208. The Hall–Kier alpha value is -4.48. The topological polar surface area (TPSA) is 503 Å². The second kappa shape index (κ2) is 35.6. The molecule has 0 amide bonds. The molecule has 0 bridgehead atoms. The third-order valence-corrected chi connectivity index (χ3v) is 0.715. The highest BCUT2D eigenvalue weighted by Gasteiger charge is 2.04. The van der Waals surface area contributed by atoms with Crippen LogP contribution in [0.15, 0.2) is 0 Å². The van der Waals surface area contributed by atoms with E-state index in [-0.39, 0.29) is 34.2 Å². The lowest BCUT2D eigenvalue weighted by Crippen LogP contribution is -2.30. The van der Waals surface area contributed by atoms with E-state index in [0.717, 1.165) is 0 Å². The maximum atomic E-state index is 9.10. The highest BCUT2D eigenvalue weighted by molar-refractivity contribution is 6.28. The van der Waals surface area contributed by atoms with Gasteiger partial charge < -0.3 is 84.6 Å². The second-order valence-electron chi connectivity index (χ2n) is 2.41. The third kappa shape index (κ3) is 89.9. The molecule has 0 aliphatic carbocycles. The van der Waals surface area contributed by atoms with Gasteiger partial charge in [-0.1, -0.05) is 0 Å². The lowest BCUT2D eigenvalue weighted by molar-refractivity contribution is -0.303. The van der Waals surface area contributed by atoms with Crippen LogP contribution < -0.4 is 22.5 Å². The van der Waals surface area contributed by atoms with Crippen LogP contribution in [0.2, 0.25) is 0 Å². The fraction of sp³-hybridized carbons (Fsp3) is 0. The number of carboxylic acid groups (broad SMARTS) is 8. The van der Waals surface area contributed by atoms with Gasteiger partial charge in [0.05, 0.1) is 0 Å². The van der Waals surface area contributed by atoms with Crippen molar-refractivity contribution in [3.8, 4) is 0 Å². The molecule has 22 nitrogen and oxygen atoms in total. The third-order valence-electron chi connectivity index (χ3n) is 0.715. The van der Waals surface area contributed by atoms with Crippen molar-refractivity contribution in [2.75, 3.05) is 0 Å². The van der Waals surface area contributed by atoms with Crippen LogP contribution in [0.3, 0.4) is 0 Å². The van der Waals surface area contributed by atoms with Crippen LogP contribution in [0.5, 0.6) is 0 Å². The van der Waals surface area contributed by atoms with E-state index in [1.807, 2.05) is 0 Å². The van der Waals surface area contributed by atoms with Crippen LogP contribution >= 0.6 is 0 Å². The van der Waals surface area contributed by atoms with Crippen LogP contribution in [0.1, 0.15) is 0 Å². The van der Waals surface area contributed by atoms with Crippen molar-refractivity contribution in [1.82, 2.24) is 12.3 Å². The normalized spacial score (nSPS) is 5.87. The van der Waals surface area contributed by atoms with Gasteiger partial charge >= 0.3 is 35.8 Å². The van der Waals surface area contributed by atoms with Gasteiger partial charge in [-0.3, -0.25) is 0 Å². The predicted octanol–water partition coefficient (Wildman–Crippen LogP) is -8.59. The molecule has 0 aliphatic heterocycles. The van der Waals surface area contributed by atoms with Crippen LogP contribution in [0, 0.1) is 0 Å². The molecule has 0 saturated carbocycles. The zero-order chi connectivity index (χ0) is 20.6. The average Bonchev–Trinajstić information content (AvgIpc) is 2.40. The van der Waals surface area contributed by atoms with Crippen LogP contribution in [-0.4, -0.2) is 100 Å². The molecule has 0 spiro atoms. The summed E-state index contributed by atoms with van der Waals surface area (Å²) in [6.07, 6.45) is 0. The molecular formula is C8H22N2O20. The van der Waals surface area contributed by atoms with E-state index in [2.05, 4.69) is 0 Å². The number of rotatable bonds is 0. The maximum absolute atomic E-state index is 9.10. The minimum Gasteiger partial charge on any atom is -0.539 e. The number of quaternary nitrogens is 2. The van der Waals surface area contributed by atoms with Crippen LogP contribution in [-0.2, 0) is 38.4 Å². The summed E-state index contributed by atoms with van der Waals surface area (Å²) < 4.78 is 0. The summed E-state index contributed by atoms with van der Waals surface area (Å²) in [5.41, 5.74) is 0. The first-order chi connectivity index (χ1) is 10.6. The lowest BCUT2D eigenvalue weighted by atomic mass is 10.7. The van der Waals surface area contributed by atoms with E-state index in [9.17, 15) is 0 Å². The first-order valence-corrected chi connectivity index (χ1v) is 4.38. The molecule has 0 heterocycles. The first-order valence-electron chi connectivity index (χ1n) is 4.38. The van der Waals surface area contributed by atoms with E-state index < -0.39 is 47.8 Å². The highest BCUT2D eigenvalue weighted by atomic mass is 16.5. The fourth-order valence-electron chi connectivity index (χ4n) is 0. The molecule has 0 aliphatic rings. The molecule has 184 valence electrons. The number of carbonyl (C=O) groups is 8. The molecule has 0 fully saturated rings. The monoisotopic (exact) mass is 466 g/mol. The predicted molar refractivity (Wildman–Crippen MR) is 82.3 cm³/mol. The average molecular weight is 466 g/mol. The van der Waals surface area contributed by atoms with E-state index in [4.69, 9.17) is 79.2 Å². The molecule has 30 heavy (non-hydrogen) atoms. The van der Waals surface area contributed by atoms with Crippen molar-refractivity contribution >= 4 is 47.8 Å². The lowest BCUT2D eigenvalue weighted by Gasteiger charge is -1.85. The van der Waals surface area contributed by atoms with E-state index in [0.29, 0.717) is 0 Å². The quantitative estimate of drug-likeness (QED) is 0.153. The summed E-state index contributed by atoms with van der Waals surface area (Å²) >= 11 is 0. The molecular weight excluding hydrogens is 444 g/mol. The Morgan fingerprint density at radius 3 is 0.433 bits per heavy atom. The van der Waals surface area contributed by atoms with Gasteiger partial charge in [0.2, 0.25) is 0 Å².